The van der Waals surface area contributed by atoms with Gasteiger partial charge in [0, 0.05) is 53.6 Å². The number of fused-ring (bicyclic) bond motifs is 2. The molecule has 2 aliphatic heterocycles. The van der Waals surface area contributed by atoms with Crippen molar-refractivity contribution >= 4 is 23.9 Å². The summed E-state index contributed by atoms with van der Waals surface area (Å²) in [6, 6.07) is 0. The molecule has 2 aliphatic rings. The average Bonchev–Trinajstić information content (AvgIpc) is 2.84. The van der Waals surface area contributed by atoms with E-state index in [2.05, 4.69) is 0 Å². The lowest BCUT2D eigenvalue weighted by Crippen LogP contribution is -2.57. The Kier molecular flexibility index (Phi) is 8.97. The second-order valence-electron chi connectivity index (χ2n) is 9.21. The first kappa shape index (κ1) is 28.9. The van der Waals surface area contributed by atoms with Crippen LogP contribution in [0.4, 0.5) is 0 Å². The van der Waals surface area contributed by atoms with Crippen LogP contribution in [-0.4, -0.2) is 70.8 Å². The van der Waals surface area contributed by atoms with Crippen molar-refractivity contribution in [3.8, 4) is 5.88 Å². The molecule has 3 heterocycles. The van der Waals surface area contributed by atoms with Crippen molar-refractivity contribution in [2.24, 2.45) is 20.0 Å². The van der Waals surface area contributed by atoms with E-state index in [0.717, 1.165) is 36.8 Å². The van der Waals surface area contributed by atoms with Crippen LogP contribution in [0.1, 0.15) is 52.0 Å². The largest absolute Gasteiger partial charge is 0.462 e. The second-order valence-corrected chi connectivity index (χ2v) is 9.21. The van der Waals surface area contributed by atoms with Crippen LogP contribution in [0.3, 0.4) is 0 Å². The molecule has 1 fully saturated rings. The number of rotatable bonds is 8. The summed E-state index contributed by atoms with van der Waals surface area (Å²) in [6.07, 6.45) is -4.23. The Morgan fingerprint density at radius 3 is 2.13 bits per heavy atom. The highest BCUT2D eigenvalue weighted by Gasteiger charge is 2.53. The summed E-state index contributed by atoms with van der Waals surface area (Å²) in [4.78, 5) is 74.3. The van der Waals surface area contributed by atoms with E-state index in [0.29, 0.717) is 19.4 Å². The van der Waals surface area contributed by atoms with E-state index >= 15 is 0 Å². The number of hydrogen-bond acceptors (Lipinski definition) is 12. The monoisotopic (exact) mass is 540 g/mol. The highest BCUT2D eigenvalue weighted by Crippen LogP contribution is 2.46. The molecule has 0 spiro atoms. The van der Waals surface area contributed by atoms with Crippen LogP contribution >= 0.6 is 0 Å². The molecule has 6 atom stereocenters. The van der Waals surface area contributed by atoms with E-state index in [1.54, 1.807) is 0 Å². The smallest absolute Gasteiger partial charge is 0.333 e. The summed E-state index contributed by atoms with van der Waals surface area (Å²) in [7, 11) is 2.70. The first-order chi connectivity index (χ1) is 17.8. The maximum atomic E-state index is 13.5. The van der Waals surface area contributed by atoms with E-state index < -0.39 is 78.2 Å². The van der Waals surface area contributed by atoms with Gasteiger partial charge in [0.2, 0.25) is 12.2 Å². The standard InChI is InChI=1S/C24H32N2O12/c1-11(27)34-10-16(35-12(2)28)19(36-13(3)29)20(37-14(4)30)17-15-8-7-9-33-23(15)38-22-18(17)21(31)25(5)24(32)26(22)6/h15-17,19-20,23H,7-10H2,1-6H3/t15-,16-,17+,19+,20+,23+/m0/s1. The summed E-state index contributed by atoms with van der Waals surface area (Å²) in [5, 5.41) is 0. The first-order valence-corrected chi connectivity index (χ1v) is 12.1. The van der Waals surface area contributed by atoms with Crippen LogP contribution in [0.2, 0.25) is 0 Å². The van der Waals surface area contributed by atoms with Crippen molar-refractivity contribution in [1.29, 1.82) is 0 Å². The molecule has 14 nitrogen and oxygen atoms in total. The van der Waals surface area contributed by atoms with Crippen LogP contribution < -0.4 is 16.0 Å². The molecule has 0 saturated carbocycles. The van der Waals surface area contributed by atoms with Crippen molar-refractivity contribution < 1.29 is 47.6 Å². The zero-order chi connectivity index (χ0) is 28.3. The third-order valence-corrected chi connectivity index (χ3v) is 6.40. The molecule has 210 valence electrons. The second kappa shape index (κ2) is 11.8. The molecule has 3 rings (SSSR count). The number of carbonyl (C=O) groups is 4. The fraction of sp³-hybridized carbons (Fsp3) is 0.667. The molecule has 0 amide bonds. The summed E-state index contributed by atoms with van der Waals surface area (Å²) in [6.45, 7) is 4.28. The van der Waals surface area contributed by atoms with Gasteiger partial charge in [-0.2, -0.15) is 0 Å². The SMILES string of the molecule is CC(=O)OC[C@H](OC(C)=O)[C@@H](OC(C)=O)[C@H](OC(C)=O)[C@H]1c2c(n(C)c(=O)n(C)c2=O)O[C@H]2OCCC[C@H]21. The number of carbonyl (C=O) groups excluding carboxylic acids is 4. The van der Waals surface area contributed by atoms with Gasteiger partial charge in [0.15, 0.2) is 18.3 Å². The van der Waals surface area contributed by atoms with Gasteiger partial charge in [-0.25, -0.2) is 4.79 Å². The summed E-state index contributed by atoms with van der Waals surface area (Å²) in [5.74, 6) is -4.80. The molecule has 0 aliphatic carbocycles. The molecular weight excluding hydrogens is 508 g/mol. The molecule has 1 aromatic rings. The third-order valence-electron chi connectivity index (χ3n) is 6.40. The maximum Gasteiger partial charge on any atom is 0.333 e. The fourth-order valence-corrected chi connectivity index (χ4v) is 4.95. The Hall–Kier alpha value is -3.68. The first-order valence-electron chi connectivity index (χ1n) is 12.1. The van der Waals surface area contributed by atoms with E-state index in [4.69, 9.17) is 28.4 Å². The Labute approximate surface area is 217 Å². The number of esters is 4. The maximum absolute atomic E-state index is 13.5. The van der Waals surface area contributed by atoms with Gasteiger partial charge in [0.25, 0.3) is 5.56 Å². The molecule has 0 aromatic carbocycles. The van der Waals surface area contributed by atoms with E-state index in [1.807, 2.05) is 0 Å². The van der Waals surface area contributed by atoms with Crippen molar-refractivity contribution in [1.82, 2.24) is 9.13 Å². The predicted octanol–water partition coefficient (Wildman–Crippen LogP) is -0.329. The molecular formula is C24H32N2O12. The number of hydrogen-bond donors (Lipinski definition) is 0. The molecule has 1 saturated heterocycles. The normalized spacial score (nSPS) is 22.4. The van der Waals surface area contributed by atoms with Gasteiger partial charge in [0.1, 0.15) is 6.61 Å². The lowest BCUT2D eigenvalue weighted by Gasteiger charge is -2.45. The van der Waals surface area contributed by atoms with Crippen molar-refractivity contribution in [2.45, 2.75) is 71.1 Å². The topological polar surface area (TPSA) is 168 Å². The quantitative estimate of drug-likeness (QED) is 0.311. The molecule has 14 heteroatoms. The lowest BCUT2D eigenvalue weighted by atomic mass is 9.75. The number of aromatic nitrogens is 2. The zero-order valence-electron chi connectivity index (χ0n) is 22.1. The molecule has 38 heavy (non-hydrogen) atoms. The van der Waals surface area contributed by atoms with E-state index in [9.17, 15) is 28.8 Å². The van der Waals surface area contributed by atoms with Crippen LogP contribution in [0, 0.1) is 5.92 Å². The average molecular weight is 541 g/mol. The minimum Gasteiger partial charge on any atom is -0.462 e. The van der Waals surface area contributed by atoms with Gasteiger partial charge in [-0.15, -0.1) is 0 Å². The number of ether oxygens (including phenoxy) is 6. The highest BCUT2D eigenvalue weighted by molar-refractivity contribution is 5.69. The van der Waals surface area contributed by atoms with Crippen LogP contribution in [0.25, 0.3) is 0 Å². The Balaban J connectivity index is 2.29. The summed E-state index contributed by atoms with van der Waals surface area (Å²) >= 11 is 0. The summed E-state index contributed by atoms with van der Waals surface area (Å²) in [5.41, 5.74) is -1.37. The molecule has 0 bridgehead atoms. The fourth-order valence-electron chi connectivity index (χ4n) is 4.95. The lowest BCUT2D eigenvalue weighted by molar-refractivity contribution is -0.206. The Bertz CT molecular complexity index is 1220. The number of nitrogens with zero attached hydrogens (tertiary/aromatic N) is 2. The molecule has 0 N–H and O–H groups in total. The molecule has 0 radical (unpaired) electrons. The van der Waals surface area contributed by atoms with Gasteiger partial charge in [-0.3, -0.25) is 33.1 Å². The van der Waals surface area contributed by atoms with Crippen LogP contribution in [0.15, 0.2) is 9.59 Å². The Morgan fingerprint density at radius 2 is 1.55 bits per heavy atom. The van der Waals surface area contributed by atoms with Gasteiger partial charge in [-0.05, 0) is 12.8 Å². The minimum atomic E-state index is -1.51. The van der Waals surface area contributed by atoms with Gasteiger partial charge in [0.05, 0.1) is 12.2 Å². The van der Waals surface area contributed by atoms with Gasteiger partial charge >= 0.3 is 29.6 Å². The highest BCUT2D eigenvalue weighted by atomic mass is 16.7. The Morgan fingerprint density at radius 1 is 0.921 bits per heavy atom. The third kappa shape index (κ3) is 6.06. The van der Waals surface area contributed by atoms with Gasteiger partial charge in [-0.1, -0.05) is 0 Å². The molecule has 1 aromatic heterocycles. The van der Waals surface area contributed by atoms with Crippen molar-refractivity contribution in [2.75, 3.05) is 13.2 Å². The van der Waals surface area contributed by atoms with E-state index in [-0.39, 0.29) is 11.4 Å². The van der Waals surface area contributed by atoms with Crippen molar-refractivity contribution in [3.63, 3.8) is 0 Å². The van der Waals surface area contributed by atoms with Crippen LogP contribution in [0.5, 0.6) is 5.88 Å². The zero-order valence-corrected chi connectivity index (χ0v) is 22.1. The predicted molar refractivity (Wildman–Crippen MR) is 126 cm³/mol. The van der Waals surface area contributed by atoms with Crippen LogP contribution in [-0.2, 0) is 57.0 Å². The molecule has 0 unspecified atom stereocenters. The van der Waals surface area contributed by atoms with Gasteiger partial charge < -0.3 is 28.4 Å². The minimum absolute atomic E-state index is 0.00110. The van der Waals surface area contributed by atoms with E-state index in [1.165, 1.54) is 14.1 Å². The summed E-state index contributed by atoms with van der Waals surface area (Å²) < 4.78 is 35.4. The van der Waals surface area contributed by atoms with Crippen molar-refractivity contribution in [3.05, 3.63) is 26.4 Å².